The molecule has 2 aromatic rings. The van der Waals surface area contributed by atoms with Crippen molar-refractivity contribution in [1.29, 1.82) is 0 Å². The lowest BCUT2D eigenvalue weighted by atomic mass is 10.1. The molecule has 1 atom stereocenters. The third-order valence-electron chi connectivity index (χ3n) is 4.28. The largest absolute Gasteiger partial charge is 0.482 e. The summed E-state index contributed by atoms with van der Waals surface area (Å²) in [5, 5.41) is 0.169. The van der Waals surface area contributed by atoms with Crippen LogP contribution in [-0.2, 0) is 6.61 Å². The number of aromatic nitrogens is 1. The summed E-state index contributed by atoms with van der Waals surface area (Å²) >= 11 is 5.91. The second-order valence-corrected chi connectivity index (χ2v) is 6.48. The molecule has 0 saturated carbocycles. The average Bonchev–Trinajstić information content (AvgIpc) is 3.23. The molecule has 134 valence electrons. The number of halogens is 2. The Balaban J connectivity index is 1.63. The number of hydrogen-bond acceptors (Lipinski definition) is 4. The summed E-state index contributed by atoms with van der Waals surface area (Å²) in [6.45, 7) is 2.89. The van der Waals surface area contributed by atoms with Gasteiger partial charge in [0.2, 0.25) is 5.89 Å². The van der Waals surface area contributed by atoms with Crippen molar-refractivity contribution in [3.05, 3.63) is 46.9 Å². The van der Waals surface area contributed by atoms with Crippen LogP contribution < -0.4 is 4.74 Å². The highest BCUT2D eigenvalue weighted by Gasteiger charge is 2.30. The van der Waals surface area contributed by atoms with Crippen LogP contribution >= 0.6 is 11.6 Å². The number of oxazole rings is 1. The number of hydrogen-bond donors (Lipinski definition) is 0. The standard InChI is InChI=1S/C18H20ClFN2O3/c1-2-4-13-5-3-8-22(13)18(23)15-10-25-17(21-15)11-24-16-7-6-12(20)9-14(16)19/h6-7,9-10,13H,2-5,8,11H2,1H3/t13-/m0/s1. The molecule has 0 N–H and O–H groups in total. The summed E-state index contributed by atoms with van der Waals surface area (Å²) in [7, 11) is 0. The zero-order valence-electron chi connectivity index (χ0n) is 14.0. The molecule has 1 aliphatic rings. The first kappa shape index (κ1) is 17.7. The van der Waals surface area contributed by atoms with Gasteiger partial charge in [0.15, 0.2) is 12.3 Å². The molecular formula is C18H20ClFN2O3. The zero-order valence-corrected chi connectivity index (χ0v) is 14.8. The molecule has 25 heavy (non-hydrogen) atoms. The molecule has 1 amide bonds. The molecule has 0 radical (unpaired) electrons. The first-order valence-electron chi connectivity index (χ1n) is 8.41. The van der Waals surface area contributed by atoms with E-state index in [4.69, 9.17) is 20.8 Å². The van der Waals surface area contributed by atoms with Gasteiger partial charge in [0.25, 0.3) is 5.91 Å². The fourth-order valence-electron chi connectivity index (χ4n) is 3.09. The van der Waals surface area contributed by atoms with Gasteiger partial charge in [-0.3, -0.25) is 4.79 Å². The van der Waals surface area contributed by atoms with Crippen LogP contribution in [0.3, 0.4) is 0 Å². The van der Waals surface area contributed by atoms with Gasteiger partial charge in [0, 0.05) is 12.6 Å². The summed E-state index contributed by atoms with van der Waals surface area (Å²) in [4.78, 5) is 18.7. The van der Waals surface area contributed by atoms with E-state index in [2.05, 4.69) is 11.9 Å². The number of likely N-dealkylation sites (tertiary alicyclic amines) is 1. The summed E-state index contributed by atoms with van der Waals surface area (Å²) in [6.07, 6.45) is 5.46. The highest BCUT2D eigenvalue weighted by atomic mass is 35.5. The van der Waals surface area contributed by atoms with Gasteiger partial charge < -0.3 is 14.1 Å². The number of nitrogens with zero attached hydrogens (tertiary/aromatic N) is 2. The summed E-state index contributed by atoms with van der Waals surface area (Å²) in [5.74, 6) is 0.0612. The Morgan fingerprint density at radius 1 is 1.52 bits per heavy atom. The van der Waals surface area contributed by atoms with E-state index in [9.17, 15) is 9.18 Å². The molecule has 0 aliphatic carbocycles. The molecule has 0 unspecified atom stereocenters. The average molecular weight is 367 g/mol. The zero-order chi connectivity index (χ0) is 17.8. The predicted octanol–water partition coefficient (Wildman–Crippen LogP) is 4.45. The molecular weight excluding hydrogens is 347 g/mol. The molecule has 1 saturated heterocycles. The first-order chi connectivity index (χ1) is 12.1. The molecule has 0 bridgehead atoms. The molecule has 1 aromatic carbocycles. The predicted molar refractivity (Wildman–Crippen MR) is 91.2 cm³/mol. The monoisotopic (exact) mass is 366 g/mol. The van der Waals surface area contributed by atoms with Crippen molar-refractivity contribution in [2.24, 2.45) is 0 Å². The van der Waals surface area contributed by atoms with Crippen molar-refractivity contribution < 1.29 is 18.3 Å². The number of rotatable bonds is 6. The van der Waals surface area contributed by atoms with Crippen LogP contribution in [0.5, 0.6) is 5.75 Å². The Kier molecular flexibility index (Phi) is 5.58. The van der Waals surface area contributed by atoms with Crippen molar-refractivity contribution >= 4 is 17.5 Å². The Hall–Kier alpha value is -2.08. The number of benzene rings is 1. The lowest BCUT2D eigenvalue weighted by Gasteiger charge is -2.23. The van der Waals surface area contributed by atoms with Crippen LogP contribution in [0.1, 0.15) is 49.0 Å². The third-order valence-corrected chi connectivity index (χ3v) is 4.57. The van der Waals surface area contributed by atoms with Gasteiger partial charge in [-0.1, -0.05) is 24.9 Å². The maximum atomic E-state index is 13.0. The number of carbonyl (C=O) groups is 1. The van der Waals surface area contributed by atoms with Crippen LogP contribution in [0.4, 0.5) is 4.39 Å². The van der Waals surface area contributed by atoms with Gasteiger partial charge in [-0.15, -0.1) is 0 Å². The van der Waals surface area contributed by atoms with Gasteiger partial charge in [-0.25, -0.2) is 9.37 Å². The van der Waals surface area contributed by atoms with Crippen molar-refractivity contribution in [3.8, 4) is 5.75 Å². The molecule has 0 spiro atoms. The van der Waals surface area contributed by atoms with E-state index in [1.54, 1.807) is 0 Å². The highest BCUT2D eigenvalue weighted by Crippen LogP contribution is 2.26. The third kappa shape index (κ3) is 4.12. The molecule has 1 aliphatic heterocycles. The van der Waals surface area contributed by atoms with Crippen molar-refractivity contribution in [2.45, 2.75) is 45.3 Å². The second-order valence-electron chi connectivity index (χ2n) is 6.07. The SMILES string of the molecule is CCC[C@H]1CCCN1C(=O)c1coc(COc2ccc(F)cc2Cl)n1. The minimum Gasteiger partial charge on any atom is -0.482 e. The van der Waals surface area contributed by atoms with Crippen LogP contribution in [0, 0.1) is 5.82 Å². The Bertz CT molecular complexity index is 750. The van der Waals surface area contributed by atoms with Gasteiger partial charge >= 0.3 is 0 Å². The van der Waals surface area contributed by atoms with Gasteiger partial charge in [0.1, 0.15) is 17.8 Å². The minimum absolute atomic E-state index is 0.0109. The quantitative estimate of drug-likeness (QED) is 0.757. The van der Waals surface area contributed by atoms with Crippen LogP contribution in [0.15, 0.2) is 28.9 Å². The van der Waals surface area contributed by atoms with E-state index in [-0.39, 0.29) is 35.2 Å². The number of carbonyl (C=O) groups excluding carboxylic acids is 1. The Morgan fingerprint density at radius 3 is 3.12 bits per heavy atom. The van der Waals surface area contributed by atoms with Crippen LogP contribution in [0.25, 0.3) is 0 Å². The van der Waals surface area contributed by atoms with Crippen LogP contribution in [0.2, 0.25) is 5.02 Å². The number of ether oxygens (including phenoxy) is 1. The van der Waals surface area contributed by atoms with E-state index in [0.29, 0.717) is 5.75 Å². The van der Waals surface area contributed by atoms with Gasteiger partial charge in [0.05, 0.1) is 5.02 Å². The topological polar surface area (TPSA) is 55.6 Å². The first-order valence-corrected chi connectivity index (χ1v) is 8.79. The van der Waals surface area contributed by atoms with E-state index in [0.717, 1.165) is 32.2 Å². The lowest BCUT2D eigenvalue weighted by molar-refractivity contribution is 0.0724. The highest BCUT2D eigenvalue weighted by molar-refractivity contribution is 6.32. The summed E-state index contributed by atoms with van der Waals surface area (Å²) in [5.41, 5.74) is 0.284. The molecule has 1 fully saturated rings. The molecule has 1 aromatic heterocycles. The number of amides is 1. The van der Waals surface area contributed by atoms with Gasteiger partial charge in [-0.05, 0) is 37.5 Å². The van der Waals surface area contributed by atoms with Crippen molar-refractivity contribution in [1.82, 2.24) is 9.88 Å². The molecule has 2 heterocycles. The van der Waals surface area contributed by atoms with Crippen LogP contribution in [-0.4, -0.2) is 28.4 Å². The Morgan fingerprint density at radius 2 is 2.36 bits per heavy atom. The maximum absolute atomic E-state index is 13.0. The lowest BCUT2D eigenvalue weighted by Crippen LogP contribution is -2.35. The summed E-state index contributed by atoms with van der Waals surface area (Å²) < 4.78 is 23.8. The molecule has 7 heteroatoms. The molecule has 3 rings (SSSR count). The fraction of sp³-hybridized carbons (Fsp3) is 0.444. The minimum atomic E-state index is -0.436. The normalized spacial score (nSPS) is 17.1. The summed E-state index contributed by atoms with van der Waals surface area (Å²) in [6, 6.07) is 4.15. The van der Waals surface area contributed by atoms with E-state index >= 15 is 0 Å². The second kappa shape index (κ2) is 7.87. The fourth-order valence-corrected chi connectivity index (χ4v) is 3.31. The maximum Gasteiger partial charge on any atom is 0.276 e. The van der Waals surface area contributed by atoms with E-state index < -0.39 is 5.82 Å². The molecule has 5 nitrogen and oxygen atoms in total. The van der Waals surface area contributed by atoms with Gasteiger partial charge in [-0.2, -0.15) is 0 Å². The van der Waals surface area contributed by atoms with Crippen molar-refractivity contribution in [2.75, 3.05) is 6.54 Å². The Labute approximate surface area is 150 Å². The smallest absolute Gasteiger partial charge is 0.276 e. The van der Waals surface area contributed by atoms with E-state index in [1.807, 2.05) is 4.90 Å². The van der Waals surface area contributed by atoms with E-state index in [1.165, 1.54) is 24.5 Å². The van der Waals surface area contributed by atoms with Crippen molar-refractivity contribution in [3.63, 3.8) is 0 Å².